The summed E-state index contributed by atoms with van der Waals surface area (Å²) in [4.78, 5) is 10.8. The first-order valence-electron chi connectivity index (χ1n) is 3.06. The Kier molecular flexibility index (Phi) is 2.10. The molecule has 5 nitrogen and oxygen atoms in total. The average Bonchev–Trinajstić information content (AvgIpc) is 2.36. The van der Waals surface area contributed by atoms with Crippen LogP contribution in [0.1, 0.15) is 17.4 Å². The Bertz CT molecular complexity index is 255. The molecule has 0 aliphatic heterocycles. The van der Waals surface area contributed by atoms with Gasteiger partial charge in [0.2, 0.25) is 5.69 Å². The van der Waals surface area contributed by atoms with Crippen LogP contribution >= 0.6 is 0 Å². The largest absolute Gasteiger partial charge is 0.503 e. The number of hydrogen-bond acceptors (Lipinski definition) is 5. The van der Waals surface area contributed by atoms with E-state index in [0.717, 1.165) is 6.26 Å². The monoisotopic (exact) mass is 157 g/mol. The van der Waals surface area contributed by atoms with Gasteiger partial charge in [0.15, 0.2) is 12.0 Å². The van der Waals surface area contributed by atoms with Crippen molar-refractivity contribution < 1.29 is 19.2 Å². The van der Waals surface area contributed by atoms with E-state index in [9.17, 15) is 4.79 Å². The second kappa shape index (κ2) is 3.05. The minimum absolute atomic E-state index is 0.188. The molecule has 1 aromatic rings. The molecule has 1 aromatic heterocycles. The molecule has 1 N–H and O–H groups in total. The predicted molar refractivity (Wildman–Crippen MR) is 34.1 cm³/mol. The molecule has 0 unspecified atom stereocenters. The smallest absolute Gasteiger partial charge is 0.364 e. The Balaban J connectivity index is 2.76. The lowest BCUT2D eigenvalue weighted by molar-refractivity contribution is 0.0512. The summed E-state index contributed by atoms with van der Waals surface area (Å²) < 4.78 is 8.86. The summed E-state index contributed by atoms with van der Waals surface area (Å²) in [7, 11) is 0. The summed E-state index contributed by atoms with van der Waals surface area (Å²) in [6, 6.07) is 0. The number of rotatable bonds is 2. The number of esters is 1. The second-order valence-electron chi connectivity index (χ2n) is 1.77. The van der Waals surface area contributed by atoms with E-state index in [2.05, 4.69) is 14.4 Å². The molecule has 1 rings (SSSR count). The molecule has 0 atom stereocenters. The zero-order valence-corrected chi connectivity index (χ0v) is 5.90. The van der Waals surface area contributed by atoms with Crippen LogP contribution in [0.4, 0.5) is 0 Å². The van der Waals surface area contributed by atoms with Crippen molar-refractivity contribution in [3.8, 4) is 5.75 Å². The summed E-state index contributed by atoms with van der Waals surface area (Å²) in [5.41, 5.74) is -0.188. The lowest BCUT2D eigenvalue weighted by Gasteiger charge is -1.95. The van der Waals surface area contributed by atoms with Crippen molar-refractivity contribution in [2.75, 3.05) is 6.61 Å². The highest BCUT2D eigenvalue weighted by Gasteiger charge is 2.16. The summed E-state index contributed by atoms with van der Waals surface area (Å²) in [6.45, 7) is 1.90. The normalized spacial score (nSPS) is 9.55. The third kappa shape index (κ3) is 1.49. The third-order valence-corrected chi connectivity index (χ3v) is 1.02. The zero-order valence-electron chi connectivity index (χ0n) is 5.90. The molecule has 60 valence electrons. The van der Waals surface area contributed by atoms with Crippen LogP contribution in [-0.2, 0) is 4.74 Å². The molecule has 0 fully saturated rings. The summed E-state index contributed by atoms with van der Waals surface area (Å²) >= 11 is 0. The molecule has 0 radical (unpaired) electrons. The van der Waals surface area contributed by atoms with E-state index in [-0.39, 0.29) is 18.1 Å². The molecule has 0 saturated carbocycles. The summed E-state index contributed by atoms with van der Waals surface area (Å²) in [5.74, 6) is -0.984. The average molecular weight is 157 g/mol. The first-order chi connectivity index (χ1) is 5.25. The first-order valence-corrected chi connectivity index (χ1v) is 3.06. The predicted octanol–water partition coefficient (Wildman–Crippen LogP) is 0.557. The number of nitrogens with zero attached hydrogens (tertiary/aromatic N) is 1. The molecular formula is C6H7NO4. The molecule has 0 amide bonds. The van der Waals surface area contributed by atoms with Crippen molar-refractivity contribution in [3.05, 3.63) is 12.0 Å². The van der Waals surface area contributed by atoms with Crippen molar-refractivity contribution >= 4 is 5.97 Å². The van der Waals surface area contributed by atoms with Crippen LogP contribution in [0.25, 0.3) is 0 Å². The van der Waals surface area contributed by atoms with E-state index in [1.165, 1.54) is 0 Å². The fraction of sp³-hybridized carbons (Fsp3) is 0.333. The Labute approximate surface area is 62.6 Å². The molecule has 0 aromatic carbocycles. The van der Waals surface area contributed by atoms with Crippen LogP contribution < -0.4 is 0 Å². The maximum Gasteiger partial charge on any atom is 0.364 e. The van der Waals surface area contributed by atoms with E-state index in [1.54, 1.807) is 6.92 Å². The third-order valence-electron chi connectivity index (χ3n) is 1.02. The van der Waals surface area contributed by atoms with Gasteiger partial charge in [-0.3, -0.25) is 0 Å². The molecule has 0 bridgehead atoms. The molecule has 5 heteroatoms. The van der Waals surface area contributed by atoms with Gasteiger partial charge in [-0.25, -0.2) is 4.79 Å². The maximum absolute atomic E-state index is 10.8. The van der Waals surface area contributed by atoms with Crippen LogP contribution in [0.15, 0.2) is 10.8 Å². The van der Waals surface area contributed by atoms with Crippen LogP contribution in [0.5, 0.6) is 5.75 Å². The van der Waals surface area contributed by atoms with Crippen molar-refractivity contribution in [2.45, 2.75) is 6.92 Å². The van der Waals surface area contributed by atoms with Gasteiger partial charge in [-0.15, -0.1) is 0 Å². The van der Waals surface area contributed by atoms with Crippen LogP contribution in [0.2, 0.25) is 0 Å². The Morgan fingerprint density at radius 2 is 2.64 bits per heavy atom. The van der Waals surface area contributed by atoms with E-state index < -0.39 is 5.97 Å². The topological polar surface area (TPSA) is 72.6 Å². The highest BCUT2D eigenvalue weighted by atomic mass is 16.5. The van der Waals surface area contributed by atoms with Crippen molar-refractivity contribution in [2.24, 2.45) is 0 Å². The number of carbonyl (C=O) groups is 1. The van der Waals surface area contributed by atoms with Crippen LogP contribution in [0.3, 0.4) is 0 Å². The number of carbonyl (C=O) groups excluding carboxylic acids is 1. The lowest BCUT2D eigenvalue weighted by Crippen LogP contribution is -2.04. The van der Waals surface area contributed by atoms with Gasteiger partial charge in [0.1, 0.15) is 0 Å². The highest BCUT2D eigenvalue weighted by Crippen LogP contribution is 2.14. The fourth-order valence-electron chi connectivity index (χ4n) is 0.573. The van der Waals surface area contributed by atoms with Gasteiger partial charge in [-0.1, -0.05) is 5.16 Å². The van der Waals surface area contributed by atoms with Gasteiger partial charge in [-0.05, 0) is 6.92 Å². The maximum atomic E-state index is 10.8. The van der Waals surface area contributed by atoms with E-state index >= 15 is 0 Å². The first kappa shape index (κ1) is 7.59. The van der Waals surface area contributed by atoms with Gasteiger partial charge in [0, 0.05) is 0 Å². The quantitative estimate of drug-likeness (QED) is 0.635. The number of hydrogen-bond donors (Lipinski definition) is 1. The van der Waals surface area contributed by atoms with Gasteiger partial charge >= 0.3 is 5.97 Å². The Morgan fingerprint density at radius 1 is 1.91 bits per heavy atom. The van der Waals surface area contributed by atoms with Crippen molar-refractivity contribution in [1.82, 2.24) is 5.16 Å². The number of aromatic hydroxyl groups is 1. The van der Waals surface area contributed by atoms with Gasteiger partial charge in [0.05, 0.1) is 6.61 Å². The standard InChI is InChI=1S/C6H7NO4/c1-2-10-6(9)5-4(8)3-11-7-5/h3,8H,2H2,1H3. The van der Waals surface area contributed by atoms with E-state index in [1.807, 2.05) is 0 Å². The van der Waals surface area contributed by atoms with Gasteiger partial charge in [0.25, 0.3) is 0 Å². The van der Waals surface area contributed by atoms with Gasteiger partial charge in [-0.2, -0.15) is 0 Å². The van der Waals surface area contributed by atoms with Crippen LogP contribution in [0, 0.1) is 0 Å². The second-order valence-corrected chi connectivity index (χ2v) is 1.77. The van der Waals surface area contributed by atoms with Crippen molar-refractivity contribution in [3.63, 3.8) is 0 Å². The summed E-state index contributed by atoms with van der Waals surface area (Å²) in [6.07, 6.45) is 0.965. The number of aromatic nitrogens is 1. The Morgan fingerprint density at radius 3 is 3.09 bits per heavy atom. The molecule has 0 aliphatic rings. The minimum atomic E-state index is -0.682. The molecule has 0 aliphatic carbocycles. The van der Waals surface area contributed by atoms with E-state index in [0.29, 0.717) is 0 Å². The SMILES string of the molecule is CCOC(=O)c1nocc1O. The molecule has 11 heavy (non-hydrogen) atoms. The van der Waals surface area contributed by atoms with E-state index in [4.69, 9.17) is 5.11 Å². The van der Waals surface area contributed by atoms with Gasteiger partial charge < -0.3 is 14.4 Å². The minimum Gasteiger partial charge on any atom is -0.503 e. The van der Waals surface area contributed by atoms with Crippen LogP contribution in [-0.4, -0.2) is 22.8 Å². The highest BCUT2D eigenvalue weighted by molar-refractivity contribution is 5.89. The molecule has 1 heterocycles. The summed E-state index contributed by atoms with van der Waals surface area (Å²) in [5, 5.41) is 12.1. The lowest BCUT2D eigenvalue weighted by atomic mass is 10.4. The molecule has 0 saturated heterocycles. The fourth-order valence-corrected chi connectivity index (χ4v) is 0.573. The van der Waals surface area contributed by atoms with Crippen molar-refractivity contribution in [1.29, 1.82) is 0 Å². The molecule has 0 spiro atoms. The Hall–Kier alpha value is -1.52. The molecular weight excluding hydrogens is 150 g/mol. The zero-order chi connectivity index (χ0) is 8.27. The number of ether oxygens (including phenoxy) is 1.